The molecule has 9 nitrogen and oxygen atoms in total. The van der Waals surface area contributed by atoms with Crippen molar-refractivity contribution in [3.05, 3.63) is 59.1 Å². The van der Waals surface area contributed by atoms with Crippen molar-refractivity contribution >= 4 is 39.5 Å². The van der Waals surface area contributed by atoms with E-state index >= 15 is 0 Å². The van der Waals surface area contributed by atoms with Crippen molar-refractivity contribution in [3.8, 4) is 11.4 Å². The van der Waals surface area contributed by atoms with Crippen LogP contribution in [0, 0.1) is 0 Å². The largest absolute Gasteiger partial charge is 0.484 e. The quantitative estimate of drug-likeness (QED) is 0.406. The molecule has 0 fully saturated rings. The summed E-state index contributed by atoms with van der Waals surface area (Å²) in [5.74, 6) is -0.297. The number of rotatable bonds is 7. The van der Waals surface area contributed by atoms with E-state index in [9.17, 15) is 9.59 Å². The van der Waals surface area contributed by atoms with Crippen LogP contribution in [0.4, 0.5) is 0 Å². The second kappa shape index (κ2) is 9.85. The van der Waals surface area contributed by atoms with E-state index in [0.717, 1.165) is 21.9 Å². The van der Waals surface area contributed by atoms with Gasteiger partial charge in [0, 0.05) is 4.47 Å². The predicted molar refractivity (Wildman–Crippen MR) is 106 cm³/mol. The van der Waals surface area contributed by atoms with Crippen LogP contribution in [0.1, 0.15) is 0 Å². The van der Waals surface area contributed by atoms with Crippen molar-refractivity contribution in [1.82, 2.24) is 31.1 Å². The zero-order valence-electron chi connectivity index (χ0n) is 14.4. The third kappa shape index (κ3) is 5.79. The fraction of sp³-hybridized carbons (Fsp3) is 0.118. The molecule has 0 unspecified atom stereocenters. The van der Waals surface area contributed by atoms with E-state index in [1.54, 1.807) is 24.3 Å². The number of aromatic nitrogens is 4. The lowest BCUT2D eigenvalue weighted by Crippen LogP contribution is -2.44. The van der Waals surface area contributed by atoms with Gasteiger partial charge in [-0.1, -0.05) is 45.9 Å². The Kier molecular flexibility index (Phi) is 6.98. The zero-order valence-corrected chi connectivity index (χ0v) is 16.8. The SMILES string of the molecule is O=C(COc1ccc(Br)cc1)NNC(=O)CSc1nnnn1-c1ccccc1. The number of nitrogens with zero attached hydrogens (tertiary/aromatic N) is 4. The van der Waals surface area contributed by atoms with Gasteiger partial charge in [0.1, 0.15) is 5.75 Å². The Labute approximate surface area is 172 Å². The lowest BCUT2D eigenvalue weighted by molar-refractivity contribution is -0.128. The monoisotopic (exact) mass is 462 g/mol. The minimum absolute atomic E-state index is 0.0288. The first-order valence-electron chi connectivity index (χ1n) is 8.04. The average Bonchev–Trinajstić information content (AvgIpc) is 3.19. The van der Waals surface area contributed by atoms with Gasteiger partial charge in [-0.25, -0.2) is 0 Å². The molecule has 2 aromatic carbocycles. The highest BCUT2D eigenvalue weighted by Gasteiger charge is 2.12. The van der Waals surface area contributed by atoms with Crippen LogP contribution in [-0.2, 0) is 9.59 Å². The number of thioether (sulfide) groups is 1. The standard InChI is InChI=1S/C17H15BrN6O3S/c18-12-6-8-14(9-7-12)27-10-15(25)19-20-16(26)11-28-17-21-22-23-24(17)13-4-2-1-3-5-13/h1-9H,10-11H2,(H,19,25)(H,20,26). The van der Waals surface area contributed by atoms with E-state index in [0.29, 0.717) is 10.9 Å². The lowest BCUT2D eigenvalue weighted by Gasteiger charge is -2.09. The van der Waals surface area contributed by atoms with Crippen LogP contribution in [0.3, 0.4) is 0 Å². The van der Waals surface area contributed by atoms with Crippen LogP contribution >= 0.6 is 27.7 Å². The molecule has 0 aliphatic heterocycles. The van der Waals surface area contributed by atoms with Crippen molar-refractivity contribution < 1.29 is 14.3 Å². The maximum atomic E-state index is 11.9. The van der Waals surface area contributed by atoms with Crippen LogP contribution < -0.4 is 15.6 Å². The number of carbonyl (C=O) groups is 2. The van der Waals surface area contributed by atoms with Gasteiger partial charge in [-0.2, -0.15) is 4.68 Å². The number of hydrogen-bond donors (Lipinski definition) is 2. The molecule has 0 atom stereocenters. The Morgan fingerprint density at radius 3 is 2.50 bits per heavy atom. The molecule has 28 heavy (non-hydrogen) atoms. The summed E-state index contributed by atoms with van der Waals surface area (Å²) in [5.41, 5.74) is 5.41. The Hall–Kier alpha value is -2.92. The number of para-hydroxylation sites is 1. The van der Waals surface area contributed by atoms with Crippen LogP contribution in [0.25, 0.3) is 5.69 Å². The summed E-state index contributed by atoms with van der Waals surface area (Å²) in [4.78, 5) is 23.7. The number of hydrogen-bond acceptors (Lipinski definition) is 7. The summed E-state index contributed by atoms with van der Waals surface area (Å²) in [6.45, 7) is -0.221. The highest BCUT2D eigenvalue weighted by molar-refractivity contribution is 9.10. The number of ether oxygens (including phenoxy) is 1. The minimum atomic E-state index is -0.476. The smallest absolute Gasteiger partial charge is 0.276 e. The van der Waals surface area contributed by atoms with Crippen molar-refractivity contribution in [1.29, 1.82) is 0 Å². The molecule has 144 valence electrons. The molecule has 3 rings (SSSR count). The number of hydrazine groups is 1. The molecule has 0 saturated carbocycles. The molecular formula is C17H15BrN6O3S. The molecule has 0 radical (unpaired) electrons. The molecular weight excluding hydrogens is 448 g/mol. The van der Waals surface area contributed by atoms with Gasteiger partial charge in [0.2, 0.25) is 11.1 Å². The molecule has 2 N–H and O–H groups in total. The van der Waals surface area contributed by atoms with E-state index in [2.05, 4.69) is 42.3 Å². The fourth-order valence-electron chi connectivity index (χ4n) is 2.02. The number of halogens is 1. The number of amides is 2. The summed E-state index contributed by atoms with van der Waals surface area (Å²) in [7, 11) is 0. The van der Waals surface area contributed by atoms with Gasteiger partial charge in [0.15, 0.2) is 6.61 Å². The molecule has 0 aliphatic carbocycles. The third-order valence-corrected chi connectivity index (χ3v) is 4.75. The Bertz CT molecular complexity index is 936. The zero-order chi connectivity index (χ0) is 19.8. The summed E-state index contributed by atoms with van der Waals surface area (Å²) in [5, 5.41) is 11.9. The molecule has 11 heteroatoms. The summed E-state index contributed by atoms with van der Waals surface area (Å²) >= 11 is 4.46. The van der Waals surface area contributed by atoms with E-state index in [4.69, 9.17) is 4.74 Å². The van der Waals surface area contributed by atoms with Crippen molar-refractivity contribution in [2.75, 3.05) is 12.4 Å². The number of carbonyl (C=O) groups excluding carboxylic acids is 2. The minimum Gasteiger partial charge on any atom is -0.484 e. The van der Waals surface area contributed by atoms with E-state index in [1.807, 2.05) is 30.3 Å². The van der Waals surface area contributed by atoms with E-state index < -0.39 is 11.8 Å². The normalized spacial score (nSPS) is 10.3. The summed E-state index contributed by atoms with van der Waals surface area (Å²) < 4.78 is 7.76. The second-order valence-electron chi connectivity index (χ2n) is 5.34. The maximum absolute atomic E-state index is 11.9. The van der Waals surface area contributed by atoms with E-state index in [1.165, 1.54) is 4.68 Å². The topological polar surface area (TPSA) is 111 Å². The highest BCUT2D eigenvalue weighted by atomic mass is 79.9. The maximum Gasteiger partial charge on any atom is 0.276 e. The first kappa shape index (κ1) is 19.8. The first-order chi connectivity index (χ1) is 13.6. The van der Waals surface area contributed by atoms with Crippen molar-refractivity contribution in [3.63, 3.8) is 0 Å². The number of tetrazole rings is 1. The Morgan fingerprint density at radius 2 is 1.75 bits per heavy atom. The van der Waals surface area contributed by atoms with Crippen molar-refractivity contribution in [2.24, 2.45) is 0 Å². The molecule has 0 saturated heterocycles. The van der Waals surface area contributed by atoms with Gasteiger partial charge < -0.3 is 4.74 Å². The third-order valence-electron chi connectivity index (χ3n) is 3.30. The summed E-state index contributed by atoms with van der Waals surface area (Å²) in [6, 6.07) is 16.4. The van der Waals surface area contributed by atoms with Gasteiger partial charge in [-0.15, -0.1) is 5.10 Å². The number of nitrogens with one attached hydrogen (secondary N) is 2. The highest BCUT2D eigenvalue weighted by Crippen LogP contribution is 2.17. The van der Waals surface area contributed by atoms with Crippen LogP contribution in [0.15, 0.2) is 64.2 Å². The number of benzene rings is 2. The second-order valence-corrected chi connectivity index (χ2v) is 7.19. The molecule has 0 aliphatic rings. The predicted octanol–water partition coefficient (Wildman–Crippen LogP) is 1.74. The molecule has 1 aromatic heterocycles. The van der Waals surface area contributed by atoms with Crippen LogP contribution in [0.2, 0.25) is 0 Å². The molecule has 1 heterocycles. The van der Waals surface area contributed by atoms with Crippen molar-refractivity contribution in [2.45, 2.75) is 5.16 Å². The molecule has 0 bridgehead atoms. The van der Waals surface area contributed by atoms with Crippen LogP contribution in [-0.4, -0.2) is 44.4 Å². The molecule has 2 amide bonds. The van der Waals surface area contributed by atoms with Gasteiger partial charge in [-0.05, 0) is 46.8 Å². The van der Waals surface area contributed by atoms with Gasteiger partial charge in [0.25, 0.3) is 5.91 Å². The summed E-state index contributed by atoms with van der Waals surface area (Å²) in [6.07, 6.45) is 0. The Balaban J connectivity index is 1.41. The van der Waals surface area contributed by atoms with Gasteiger partial charge in [-0.3, -0.25) is 20.4 Å². The van der Waals surface area contributed by atoms with Crippen LogP contribution in [0.5, 0.6) is 5.75 Å². The average molecular weight is 463 g/mol. The van der Waals surface area contributed by atoms with Gasteiger partial charge >= 0.3 is 0 Å². The molecule has 0 spiro atoms. The fourth-order valence-corrected chi connectivity index (χ4v) is 2.98. The van der Waals surface area contributed by atoms with E-state index in [-0.39, 0.29) is 12.4 Å². The molecule has 3 aromatic rings. The first-order valence-corrected chi connectivity index (χ1v) is 9.82. The lowest BCUT2D eigenvalue weighted by atomic mass is 10.3. The Morgan fingerprint density at radius 1 is 1.04 bits per heavy atom. The van der Waals surface area contributed by atoms with Gasteiger partial charge in [0.05, 0.1) is 11.4 Å².